The number of anilines is 1. The van der Waals surface area contributed by atoms with Crippen molar-refractivity contribution in [2.45, 2.75) is 23.8 Å². The van der Waals surface area contributed by atoms with E-state index in [0.29, 0.717) is 30.3 Å². The number of carbonyl (C=O) groups excluding carboxylic acids is 2. The predicted octanol–water partition coefficient (Wildman–Crippen LogP) is 1.82. The summed E-state index contributed by atoms with van der Waals surface area (Å²) in [5.74, 6) is -0.180. The molecule has 32 heavy (non-hydrogen) atoms. The predicted molar refractivity (Wildman–Crippen MR) is 115 cm³/mol. The second-order valence-electron chi connectivity index (χ2n) is 7.47. The fourth-order valence-electron chi connectivity index (χ4n) is 3.73. The van der Waals surface area contributed by atoms with Gasteiger partial charge in [-0.05, 0) is 49.2 Å². The summed E-state index contributed by atoms with van der Waals surface area (Å²) in [5, 5.41) is 0. The first-order valence-electron chi connectivity index (χ1n) is 10.3. The van der Waals surface area contributed by atoms with Crippen LogP contribution in [0.1, 0.15) is 12.8 Å². The summed E-state index contributed by atoms with van der Waals surface area (Å²) >= 11 is 0. The number of benzene rings is 2. The SMILES string of the molecule is COC(=O)C1CN(C(=O)COc2ccc(S(=O)(=O)N3CCCC3)cc2)c2ccccc2O1. The first kappa shape index (κ1) is 22.1. The van der Waals surface area contributed by atoms with E-state index >= 15 is 0 Å². The quantitative estimate of drug-likeness (QED) is 0.606. The van der Waals surface area contributed by atoms with Crippen LogP contribution in [0.3, 0.4) is 0 Å². The zero-order chi connectivity index (χ0) is 22.7. The number of amides is 1. The van der Waals surface area contributed by atoms with Gasteiger partial charge < -0.3 is 19.1 Å². The van der Waals surface area contributed by atoms with E-state index in [4.69, 9.17) is 14.2 Å². The molecule has 0 bridgehead atoms. The van der Waals surface area contributed by atoms with Gasteiger partial charge in [-0.25, -0.2) is 13.2 Å². The van der Waals surface area contributed by atoms with Gasteiger partial charge in [0.05, 0.1) is 24.2 Å². The number of para-hydroxylation sites is 2. The Balaban J connectivity index is 1.43. The van der Waals surface area contributed by atoms with Crippen LogP contribution >= 0.6 is 0 Å². The van der Waals surface area contributed by atoms with Crippen molar-refractivity contribution < 1.29 is 32.2 Å². The lowest BCUT2D eigenvalue weighted by Crippen LogP contribution is -2.48. The first-order valence-corrected chi connectivity index (χ1v) is 11.7. The fraction of sp³-hybridized carbons (Fsp3) is 0.364. The van der Waals surface area contributed by atoms with Crippen LogP contribution in [0.2, 0.25) is 0 Å². The Bertz CT molecular complexity index is 1100. The maximum atomic E-state index is 12.9. The van der Waals surface area contributed by atoms with Gasteiger partial charge >= 0.3 is 5.97 Å². The second-order valence-corrected chi connectivity index (χ2v) is 9.41. The highest BCUT2D eigenvalue weighted by molar-refractivity contribution is 7.89. The van der Waals surface area contributed by atoms with E-state index in [1.807, 2.05) is 0 Å². The molecule has 2 aliphatic heterocycles. The van der Waals surface area contributed by atoms with Crippen LogP contribution in [0.4, 0.5) is 5.69 Å². The Morgan fingerprint density at radius 2 is 1.75 bits per heavy atom. The molecule has 170 valence electrons. The number of carbonyl (C=O) groups is 2. The van der Waals surface area contributed by atoms with Crippen molar-refractivity contribution in [1.29, 1.82) is 0 Å². The van der Waals surface area contributed by atoms with Crippen molar-refractivity contribution in [2.24, 2.45) is 0 Å². The second kappa shape index (κ2) is 9.17. The Hall–Kier alpha value is -3.11. The Labute approximate surface area is 186 Å². The minimum Gasteiger partial charge on any atom is -0.484 e. The zero-order valence-corrected chi connectivity index (χ0v) is 18.4. The van der Waals surface area contributed by atoms with E-state index in [2.05, 4.69) is 0 Å². The lowest BCUT2D eigenvalue weighted by Gasteiger charge is -2.33. The largest absolute Gasteiger partial charge is 0.484 e. The maximum Gasteiger partial charge on any atom is 0.348 e. The molecule has 0 radical (unpaired) electrons. The first-order chi connectivity index (χ1) is 15.4. The van der Waals surface area contributed by atoms with E-state index < -0.39 is 22.1 Å². The van der Waals surface area contributed by atoms with E-state index in [1.165, 1.54) is 40.6 Å². The van der Waals surface area contributed by atoms with E-state index in [-0.39, 0.29) is 24.0 Å². The molecular formula is C22H24N2O7S. The number of ether oxygens (including phenoxy) is 3. The van der Waals surface area contributed by atoms with Gasteiger partial charge in [-0.15, -0.1) is 0 Å². The minimum absolute atomic E-state index is 0.00110. The van der Waals surface area contributed by atoms with Gasteiger partial charge in [0, 0.05) is 13.1 Å². The molecule has 1 unspecified atom stereocenters. The van der Waals surface area contributed by atoms with Gasteiger partial charge in [-0.1, -0.05) is 12.1 Å². The molecule has 4 rings (SSSR count). The van der Waals surface area contributed by atoms with Crippen LogP contribution in [0.25, 0.3) is 0 Å². The Kier molecular flexibility index (Phi) is 6.33. The van der Waals surface area contributed by atoms with Gasteiger partial charge in [0.25, 0.3) is 5.91 Å². The monoisotopic (exact) mass is 460 g/mol. The molecule has 1 fully saturated rings. The van der Waals surface area contributed by atoms with Gasteiger partial charge in [-0.2, -0.15) is 4.31 Å². The molecule has 2 aromatic rings. The molecule has 9 nitrogen and oxygen atoms in total. The number of hydrogen-bond acceptors (Lipinski definition) is 7. The van der Waals surface area contributed by atoms with Crippen molar-refractivity contribution in [2.75, 3.05) is 38.3 Å². The van der Waals surface area contributed by atoms with Crippen molar-refractivity contribution in [1.82, 2.24) is 4.31 Å². The van der Waals surface area contributed by atoms with Gasteiger partial charge in [0.15, 0.2) is 6.61 Å². The molecule has 1 amide bonds. The van der Waals surface area contributed by atoms with Gasteiger partial charge in [0.2, 0.25) is 16.1 Å². The van der Waals surface area contributed by atoms with Crippen molar-refractivity contribution in [3.8, 4) is 11.5 Å². The molecule has 0 aliphatic carbocycles. The minimum atomic E-state index is -3.51. The molecular weight excluding hydrogens is 436 g/mol. The van der Waals surface area contributed by atoms with Gasteiger partial charge in [-0.3, -0.25) is 4.79 Å². The number of rotatable bonds is 6. The maximum absolute atomic E-state index is 12.9. The zero-order valence-electron chi connectivity index (χ0n) is 17.6. The van der Waals surface area contributed by atoms with Crippen molar-refractivity contribution >= 4 is 27.6 Å². The average molecular weight is 461 g/mol. The summed E-state index contributed by atoms with van der Waals surface area (Å²) < 4.78 is 42.7. The normalized spacial score (nSPS) is 18.5. The molecule has 0 aromatic heterocycles. The van der Waals surface area contributed by atoms with Crippen molar-refractivity contribution in [3.05, 3.63) is 48.5 Å². The summed E-state index contributed by atoms with van der Waals surface area (Å²) in [6.45, 7) is 0.769. The lowest BCUT2D eigenvalue weighted by atomic mass is 10.2. The van der Waals surface area contributed by atoms with Crippen LogP contribution in [0, 0.1) is 0 Å². The molecule has 2 aliphatic rings. The molecule has 1 atom stereocenters. The van der Waals surface area contributed by atoms with E-state index in [9.17, 15) is 18.0 Å². The number of methoxy groups -OCH3 is 1. The van der Waals surface area contributed by atoms with E-state index in [1.54, 1.807) is 24.3 Å². The smallest absolute Gasteiger partial charge is 0.348 e. The molecule has 10 heteroatoms. The molecule has 0 spiro atoms. The Morgan fingerprint density at radius 1 is 1.06 bits per heavy atom. The lowest BCUT2D eigenvalue weighted by molar-refractivity contribution is -0.148. The summed E-state index contributed by atoms with van der Waals surface area (Å²) in [6, 6.07) is 12.9. The van der Waals surface area contributed by atoms with Crippen LogP contribution < -0.4 is 14.4 Å². The van der Waals surface area contributed by atoms with Crippen LogP contribution in [0.5, 0.6) is 11.5 Å². The number of hydrogen-bond donors (Lipinski definition) is 0. The van der Waals surface area contributed by atoms with Crippen LogP contribution in [0.15, 0.2) is 53.4 Å². The van der Waals surface area contributed by atoms with Crippen molar-refractivity contribution in [3.63, 3.8) is 0 Å². The third-order valence-corrected chi connectivity index (χ3v) is 7.34. The number of fused-ring (bicyclic) bond motifs is 1. The number of esters is 1. The fourth-order valence-corrected chi connectivity index (χ4v) is 5.25. The topological polar surface area (TPSA) is 102 Å². The highest BCUT2D eigenvalue weighted by atomic mass is 32.2. The molecule has 2 aromatic carbocycles. The third-order valence-electron chi connectivity index (χ3n) is 5.43. The average Bonchev–Trinajstić information content (AvgIpc) is 3.37. The van der Waals surface area contributed by atoms with Crippen LogP contribution in [-0.4, -0.2) is 64.1 Å². The summed E-state index contributed by atoms with van der Waals surface area (Å²) in [6.07, 6.45) is 0.794. The Morgan fingerprint density at radius 3 is 2.44 bits per heavy atom. The summed E-state index contributed by atoms with van der Waals surface area (Å²) in [5.41, 5.74) is 0.535. The van der Waals surface area contributed by atoms with Gasteiger partial charge in [0.1, 0.15) is 11.5 Å². The number of nitrogens with zero attached hydrogens (tertiary/aromatic N) is 2. The molecule has 1 saturated heterocycles. The molecule has 2 heterocycles. The van der Waals surface area contributed by atoms with Crippen LogP contribution in [-0.2, 0) is 24.3 Å². The molecule has 0 saturated carbocycles. The third kappa shape index (κ3) is 4.42. The summed E-state index contributed by atoms with van der Waals surface area (Å²) in [7, 11) is -2.25. The highest BCUT2D eigenvalue weighted by Crippen LogP contribution is 2.33. The highest BCUT2D eigenvalue weighted by Gasteiger charge is 2.34. The molecule has 0 N–H and O–H groups in total. The van der Waals surface area contributed by atoms with E-state index in [0.717, 1.165) is 12.8 Å². The summed E-state index contributed by atoms with van der Waals surface area (Å²) in [4.78, 5) is 26.5. The standard InChI is InChI=1S/C22H24N2O7S/c1-29-22(26)20-14-24(18-6-2-3-7-19(18)31-20)21(25)15-30-16-8-10-17(11-9-16)32(27,28)23-12-4-5-13-23/h2-3,6-11,20H,4-5,12-15H2,1H3. The number of sulfonamides is 1.